The van der Waals surface area contributed by atoms with Gasteiger partial charge in [0, 0.05) is 25.1 Å². The molecule has 116 valence electrons. The van der Waals surface area contributed by atoms with E-state index in [1.165, 1.54) is 0 Å². The van der Waals surface area contributed by atoms with Gasteiger partial charge in [-0.2, -0.15) is 0 Å². The van der Waals surface area contributed by atoms with Gasteiger partial charge >= 0.3 is 0 Å². The molecule has 1 saturated heterocycles. The number of carbonyl (C=O) groups is 1. The molecule has 0 bridgehead atoms. The SMILES string of the molecule is COc1ccc(C)cc1CC(=O)C(C)(C)N1CCOCC1. The number of morpholine rings is 1. The molecule has 4 heteroatoms. The molecule has 1 aliphatic rings. The van der Waals surface area contributed by atoms with Crippen molar-refractivity contribution >= 4 is 5.78 Å². The Hall–Kier alpha value is -1.39. The first-order chi connectivity index (χ1) is 9.95. The van der Waals surface area contributed by atoms with E-state index in [0.29, 0.717) is 19.6 Å². The van der Waals surface area contributed by atoms with Crippen LogP contribution in [0.1, 0.15) is 25.0 Å². The van der Waals surface area contributed by atoms with E-state index >= 15 is 0 Å². The van der Waals surface area contributed by atoms with Gasteiger partial charge in [0.05, 0.1) is 25.9 Å². The lowest BCUT2D eigenvalue weighted by Gasteiger charge is -2.39. The predicted octanol–water partition coefficient (Wildman–Crippen LogP) is 2.23. The van der Waals surface area contributed by atoms with Crippen LogP contribution < -0.4 is 4.74 Å². The molecule has 0 N–H and O–H groups in total. The van der Waals surface area contributed by atoms with Gasteiger partial charge in [-0.15, -0.1) is 0 Å². The van der Waals surface area contributed by atoms with Gasteiger partial charge in [-0.3, -0.25) is 9.69 Å². The van der Waals surface area contributed by atoms with Gasteiger partial charge in [0.1, 0.15) is 5.75 Å². The van der Waals surface area contributed by atoms with E-state index in [1.54, 1.807) is 7.11 Å². The number of hydrogen-bond acceptors (Lipinski definition) is 4. The van der Waals surface area contributed by atoms with Crippen molar-refractivity contribution in [3.63, 3.8) is 0 Å². The van der Waals surface area contributed by atoms with E-state index in [9.17, 15) is 4.79 Å². The lowest BCUT2D eigenvalue weighted by Crippen LogP contribution is -2.54. The molecule has 0 spiro atoms. The third-order valence-corrected chi connectivity index (χ3v) is 4.27. The third-order valence-electron chi connectivity index (χ3n) is 4.27. The van der Waals surface area contributed by atoms with E-state index in [1.807, 2.05) is 39.0 Å². The Kier molecular flexibility index (Phi) is 5.01. The van der Waals surface area contributed by atoms with E-state index in [0.717, 1.165) is 30.0 Å². The lowest BCUT2D eigenvalue weighted by atomic mass is 9.90. The fourth-order valence-corrected chi connectivity index (χ4v) is 2.73. The summed E-state index contributed by atoms with van der Waals surface area (Å²) in [5.41, 5.74) is 1.63. The fourth-order valence-electron chi connectivity index (χ4n) is 2.73. The second-order valence-corrected chi connectivity index (χ2v) is 6.07. The number of nitrogens with zero attached hydrogens (tertiary/aromatic N) is 1. The van der Waals surface area contributed by atoms with Gasteiger partial charge in [-0.1, -0.05) is 17.7 Å². The zero-order chi connectivity index (χ0) is 15.5. The van der Waals surface area contributed by atoms with E-state index in [-0.39, 0.29) is 5.78 Å². The molecule has 0 unspecified atom stereocenters. The Bertz CT molecular complexity index is 505. The molecule has 0 aliphatic carbocycles. The molecule has 0 aromatic heterocycles. The van der Waals surface area contributed by atoms with Crippen molar-refractivity contribution < 1.29 is 14.3 Å². The topological polar surface area (TPSA) is 38.8 Å². The Morgan fingerprint density at radius 2 is 2.00 bits per heavy atom. The lowest BCUT2D eigenvalue weighted by molar-refractivity contribution is -0.131. The maximum Gasteiger partial charge on any atom is 0.157 e. The van der Waals surface area contributed by atoms with Crippen molar-refractivity contribution in [3.05, 3.63) is 29.3 Å². The second kappa shape index (κ2) is 6.58. The minimum atomic E-state index is -0.474. The van der Waals surface area contributed by atoms with Crippen molar-refractivity contribution in [3.8, 4) is 5.75 Å². The quantitative estimate of drug-likeness (QED) is 0.834. The number of rotatable bonds is 5. The zero-order valence-electron chi connectivity index (χ0n) is 13.4. The molecular formula is C17H25NO3. The van der Waals surface area contributed by atoms with Crippen LogP contribution in [0.25, 0.3) is 0 Å². The van der Waals surface area contributed by atoms with E-state index < -0.39 is 5.54 Å². The normalized spacial score (nSPS) is 16.8. The highest BCUT2D eigenvalue weighted by Crippen LogP contribution is 2.25. The summed E-state index contributed by atoms with van der Waals surface area (Å²) in [7, 11) is 1.64. The highest BCUT2D eigenvalue weighted by Gasteiger charge is 2.35. The average molecular weight is 291 g/mol. The third kappa shape index (κ3) is 3.63. The van der Waals surface area contributed by atoms with Crippen molar-refractivity contribution in [2.45, 2.75) is 32.7 Å². The van der Waals surface area contributed by atoms with Gasteiger partial charge < -0.3 is 9.47 Å². The minimum Gasteiger partial charge on any atom is -0.496 e. The van der Waals surface area contributed by atoms with Crippen LogP contribution in [0.5, 0.6) is 5.75 Å². The molecule has 1 aliphatic heterocycles. The summed E-state index contributed by atoms with van der Waals surface area (Å²) in [6.45, 7) is 9.05. The number of ketones is 1. The van der Waals surface area contributed by atoms with Gasteiger partial charge in [0.15, 0.2) is 5.78 Å². The predicted molar refractivity (Wildman–Crippen MR) is 82.9 cm³/mol. The number of methoxy groups -OCH3 is 1. The maximum atomic E-state index is 12.8. The Morgan fingerprint density at radius 3 is 2.62 bits per heavy atom. The number of ether oxygens (including phenoxy) is 2. The van der Waals surface area contributed by atoms with Gasteiger partial charge in [0.25, 0.3) is 0 Å². The number of aryl methyl sites for hydroxylation is 1. The zero-order valence-corrected chi connectivity index (χ0v) is 13.4. The summed E-state index contributed by atoms with van der Waals surface area (Å²) in [4.78, 5) is 15.0. The molecule has 1 aromatic rings. The van der Waals surface area contributed by atoms with Crippen LogP contribution in [-0.4, -0.2) is 49.6 Å². The highest BCUT2D eigenvalue weighted by atomic mass is 16.5. The largest absolute Gasteiger partial charge is 0.496 e. The number of hydrogen-bond donors (Lipinski definition) is 0. The second-order valence-electron chi connectivity index (χ2n) is 6.07. The van der Waals surface area contributed by atoms with Gasteiger partial charge in [-0.25, -0.2) is 0 Å². The van der Waals surface area contributed by atoms with E-state index in [2.05, 4.69) is 4.90 Å². The first kappa shape index (κ1) is 16.0. The standard InChI is InChI=1S/C17H25NO3/c1-13-5-6-15(20-4)14(11-13)12-16(19)17(2,3)18-7-9-21-10-8-18/h5-6,11H,7-10,12H2,1-4H3. The molecule has 4 nitrogen and oxygen atoms in total. The van der Waals surface area contributed by atoms with Gasteiger partial charge in [-0.05, 0) is 26.8 Å². The van der Waals surface area contributed by atoms with E-state index in [4.69, 9.17) is 9.47 Å². The highest BCUT2D eigenvalue weighted by molar-refractivity contribution is 5.90. The molecule has 0 saturated carbocycles. The Morgan fingerprint density at radius 1 is 1.33 bits per heavy atom. The summed E-state index contributed by atoms with van der Waals surface area (Å²) in [6, 6.07) is 5.96. The summed E-state index contributed by atoms with van der Waals surface area (Å²) in [5, 5.41) is 0. The van der Waals surface area contributed by atoms with Crippen LogP contribution in [0.15, 0.2) is 18.2 Å². The van der Waals surface area contributed by atoms with Gasteiger partial charge in [0.2, 0.25) is 0 Å². The monoisotopic (exact) mass is 291 g/mol. The van der Waals surface area contributed by atoms with Crippen molar-refractivity contribution in [2.24, 2.45) is 0 Å². The average Bonchev–Trinajstić information content (AvgIpc) is 2.48. The van der Waals surface area contributed by atoms with Crippen LogP contribution in [0, 0.1) is 6.92 Å². The summed E-state index contributed by atoms with van der Waals surface area (Å²) in [5.74, 6) is 1.00. The molecule has 2 rings (SSSR count). The Labute approximate surface area is 127 Å². The van der Waals surface area contributed by atoms with Crippen LogP contribution in [0.2, 0.25) is 0 Å². The first-order valence-corrected chi connectivity index (χ1v) is 7.45. The molecule has 0 amide bonds. The first-order valence-electron chi connectivity index (χ1n) is 7.45. The van der Waals surface area contributed by atoms with Crippen LogP contribution in [0.3, 0.4) is 0 Å². The van der Waals surface area contributed by atoms with Crippen LogP contribution in [-0.2, 0) is 16.0 Å². The van der Waals surface area contributed by atoms with Crippen molar-refractivity contribution in [2.75, 3.05) is 33.4 Å². The number of carbonyl (C=O) groups excluding carboxylic acids is 1. The number of benzene rings is 1. The van der Waals surface area contributed by atoms with Crippen LogP contribution in [0.4, 0.5) is 0 Å². The molecule has 1 heterocycles. The smallest absolute Gasteiger partial charge is 0.157 e. The Balaban J connectivity index is 2.14. The molecular weight excluding hydrogens is 266 g/mol. The molecule has 1 aromatic carbocycles. The van der Waals surface area contributed by atoms with Crippen molar-refractivity contribution in [1.82, 2.24) is 4.90 Å². The molecule has 0 atom stereocenters. The maximum absolute atomic E-state index is 12.8. The van der Waals surface area contributed by atoms with Crippen LogP contribution >= 0.6 is 0 Å². The number of Topliss-reactive ketones (excluding diaryl/α,β-unsaturated/α-hetero) is 1. The summed E-state index contributed by atoms with van der Waals surface area (Å²) >= 11 is 0. The molecule has 1 fully saturated rings. The summed E-state index contributed by atoms with van der Waals surface area (Å²) in [6.07, 6.45) is 0.398. The minimum absolute atomic E-state index is 0.216. The fraction of sp³-hybridized carbons (Fsp3) is 0.588. The summed E-state index contributed by atoms with van der Waals surface area (Å²) < 4.78 is 10.7. The van der Waals surface area contributed by atoms with Crippen molar-refractivity contribution in [1.29, 1.82) is 0 Å². The molecule has 0 radical (unpaired) electrons. The molecule has 21 heavy (non-hydrogen) atoms.